The van der Waals surface area contributed by atoms with E-state index >= 15 is 0 Å². The Bertz CT molecular complexity index is 689. The third-order valence-corrected chi connectivity index (χ3v) is 3.06. The highest BCUT2D eigenvalue weighted by atomic mass is 32.1. The first-order chi connectivity index (χ1) is 9.97. The highest BCUT2D eigenvalue weighted by Crippen LogP contribution is 2.25. The average molecular weight is 305 g/mol. The van der Waals surface area contributed by atoms with Crippen molar-refractivity contribution in [3.8, 4) is 0 Å². The van der Waals surface area contributed by atoms with Crippen molar-refractivity contribution in [3.63, 3.8) is 0 Å². The topological polar surface area (TPSA) is 67.2 Å². The van der Waals surface area contributed by atoms with Gasteiger partial charge >= 0.3 is 0 Å². The van der Waals surface area contributed by atoms with Gasteiger partial charge < -0.3 is 10.6 Å². The van der Waals surface area contributed by atoms with Gasteiger partial charge in [-0.25, -0.2) is 4.39 Å². The van der Waals surface area contributed by atoms with Gasteiger partial charge in [-0.05, 0) is 49.5 Å². The summed E-state index contributed by atoms with van der Waals surface area (Å²) in [6, 6.07) is 10.4. The van der Waals surface area contributed by atoms with Crippen LogP contribution in [0.1, 0.15) is 5.56 Å². The molecule has 0 amide bonds. The van der Waals surface area contributed by atoms with E-state index in [1.807, 2.05) is 0 Å². The normalized spacial score (nSPS) is 10.0. The average Bonchev–Trinajstić information content (AvgIpc) is 2.43. The van der Waals surface area contributed by atoms with Gasteiger partial charge in [0.2, 0.25) is 0 Å². The van der Waals surface area contributed by atoms with Crippen LogP contribution >= 0.6 is 12.2 Å². The fraction of sp³-hybridized carbons (Fsp3) is 0.0714. The number of nitro benzene ring substituents is 1. The molecule has 0 aliphatic rings. The second kappa shape index (κ2) is 6.27. The first kappa shape index (κ1) is 14.9. The van der Waals surface area contributed by atoms with E-state index in [9.17, 15) is 14.5 Å². The summed E-state index contributed by atoms with van der Waals surface area (Å²) in [5, 5.41) is 16.9. The van der Waals surface area contributed by atoms with Gasteiger partial charge in [0.15, 0.2) is 5.11 Å². The second-order valence-electron chi connectivity index (χ2n) is 4.29. The highest BCUT2D eigenvalue weighted by molar-refractivity contribution is 7.80. The first-order valence-electron chi connectivity index (χ1n) is 6.05. The van der Waals surface area contributed by atoms with Gasteiger partial charge in [0.05, 0.1) is 16.2 Å². The molecule has 2 aromatic rings. The second-order valence-corrected chi connectivity index (χ2v) is 4.70. The van der Waals surface area contributed by atoms with Crippen molar-refractivity contribution in [2.24, 2.45) is 0 Å². The zero-order valence-electron chi connectivity index (χ0n) is 11.1. The van der Waals surface area contributed by atoms with Crippen LogP contribution in [0.3, 0.4) is 0 Å². The molecule has 7 heteroatoms. The van der Waals surface area contributed by atoms with Crippen molar-refractivity contribution in [1.82, 2.24) is 0 Å². The summed E-state index contributed by atoms with van der Waals surface area (Å²) >= 11 is 5.13. The molecular formula is C14H12FN3O2S. The molecule has 0 atom stereocenters. The molecule has 0 radical (unpaired) electrons. The molecule has 5 nitrogen and oxygen atoms in total. The molecule has 0 fully saturated rings. The number of thiocarbonyl (C=S) groups is 1. The number of nitrogens with one attached hydrogen (secondary N) is 2. The Kier molecular flexibility index (Phi) is 4.44. The predicted molar refractivity (Wildman–Crippen MR) is 84.1 cm³/mol. The highest BCUT2D eigenvalue weighted by Gasteiger charge is 2.13. The van der Waals surface area contributed by atoms with Crippen molar-refractivity contribution in [2.45, 2.75) is 6.92 Å². The van der Waals surface area contributed by atoms with Gasteiger partial charge in [-0.15, -0.1) is 0 Å². The molecule has 0 aliphatic heterocycles. The van der Waals surface area contributed by atoms with E-state index in [2.05, 4.69) is 10.6 Å². The van der Waals surface area contributed by atoms with Crippen LogP contribution < -0.4 is 10.6 Å². The lowest BCUT2D eigenvalue weighted by Crippen LogP contribution is -2.19. The summed E-state index contributed by atoms with van der Waals surface area (Å²) in [7, 11) is 0. The summed E-state index contributed by atoms with van der Waals surface area (Å²) in [5.74, 6) is -0.339. The maximum Gasteiger partial charge on any atom is 0.274 e. The number of hydrogen-bond donors (Lipinski definition) is 2. The lowest BCUT2D eigenvalue weighted by atomic mass is 10.1. The SMILES string of the molecule is Cc1c(NC(=S)Nc2ccc(F)cc2)cccc1[N+](=O)[O-]. The third-order valence-electron chi connectivity index (χ3n) is 2.85. The van der Waals surface area contributed by atoms with E-state index in [0.717, 1.165) is 0 Å². The maximum atomic E-state index is 12.8. The van der Waals surface area contributed by atoms with Gasteiger partial charge in [0.25, 0.3) is 5.69 Å². The van der Waals surface area contributed by atoms with Crippen molar-refractivity contribution in [2.75, 3.05) is 10.6 Å². The molecule has 0 spiro atoms. The Morgan fingerprint density at radius 1 is 1.19 bits per heavy atom. The van der Waals surface area contributed by atoms with Gasteiger partial charge in [-0.2, -0.15) is 0 Å². The molecular weight excluding hydrogens is 293 g/mol. The number of anilines is 2. The smallest absolute Gasteiger partial charge is 0.274 e. The lowest BCUT2D eigenvalue weighted by molar-refractivity contribution is -0.385. The van der Waals surface area contributed by atoms with Crippen LogP contribution in [0.4, 0.5) is 21.5 Å². The number of nitrogens with zero attached hydrogens (tertiary/aromatic N) is 1. The van der Waals surface area contributed by atoms with Gasteiger partial charge in [0.1, 0.15) is 5.82 Å². The molecule has 2 aromatic carbocycles. The van der Waals surface area contributed by atoms with E-state index in [1.165, 1.54) is 18.2 Å². The van der Waals surface area contributed by atoms with Gasteiger partial charge in [-0.1, -0.05) is 6.07 Å². The zero-order chi connectivity index (χ0) is 15.4. The van der Waals surface area contributed by atoms with Crippen LogP contribution in [-0.4, -0.2) is 10.0 Å². The van der Waals surface area contributed by atoms with Crippen LogP contribution in [0.25, 0.3) is 0 Å². The molecule has 0 bridgehead atoms. The van der Waals surface area contributed by atoms with Crippen LogP contribution in [0.15, 0.2) is 42.5 Å². The van der Waals surface area contributed by atoms with Crippen molar-refractivity contribution < 1.29 is 9.31 Å². The van der Waals surface area contributed by atoms with E-state index in [0.29, 0.717) is 16.9 Å². The minimum Gasteiger partial charge on any atom is -0.332 e. The summed E-state index contributed by atoms with van der Waals surface area (Å²) in [4.78, 5) is 10.4. The quantitative estimate of drug-likeness (QED) is 0.512. The molecule has 2 rings (SSSR count). The standard InChI is InChI=1S/C14H12FN3O2S/c1-9-12(3-2-4-13(9)18(19)20)17-14(21)16-11-7-5-10(15)6-8-11/h2-8H,1H3,(H2,16,17,21). The minimum absolute atomic E-state index is 0.0181. The van der Waals surface area contributed by atoms with Crippen LogP contribution in [0.2, 0.25) is 0 Å². The molecule has 0 saturated carbocycles. The molecule has 2 N–H and O–H groups in total. The molecule has 0 saturated heterocycles. The van der Waals surface area contributed by atoms with E-state index in [-0.39, 0.29) is 16.6 Å². The van der Waals surface area contributed by atoms with Gasteiger partial charge in [0, 0.05) is 11.8 Å². The van der Waals surface area contributed by atoms with Crippen molar-refractivity contribution >= 4 is 34.4 Å². The monoisotopic (exact) mass is 305 g/mol. The number of hydrogen-bond acceptors (Lipinski definition) is 3. The third kappa shape index (κ3) is 3.73. The Balaban J connectivity index is 2.11. The molecule has 21 heavy (non-hydrogen) atoms. The first-order valence-corrected chi connectivity index (χ1v) is 6.46. The Morgan fingerprint density at radius 2 is 1.86 bits per heavy atom. The Hall–Kier alpha value is -2.54. The zero-order valence-corrected chi connectivity index (χ0v) is 11.9. The summed E-state index contributed by atoms with van der Waals surface area (Å²) < 4.78 is 12.8. The molecule has 108 valence electrons. The summed E-state index contributed by atoms with van der Waals surface area (Å²) in [6.07, 6.45) is 0. The predicted octanol–water partition coefficient (Wildman–Crippen LogP) is 3.85. The largest absolute Gasteiger partial charge is 0.332 e. The molecule has 0 aliphatic carbocycles. The van der Waals surface area contributed by atoms with Crippen LogP contribution in [0.5, 0.6) is 0 Å². The van der Waals surface area contributed by atoms with Crippen LogP contribution in [0, 0.1) is 22.9 Å². The van der Waals surface area contributed by atoms with Crippen LogP contribution in [-0.2, 0) is 0 Å². The number of benzene rings is 2. The summed E-state index contributed by atoms with van der Waals surface area (Å²) in [5.41, 5.74) is 1.68. The summed E-state index contributed by atoms with van der Waals surface area (Å²) in [6.45, 7) is 1.64. The van der Waals surface area contributed by atoms with Crippen molar-refractivity contribution in [3.05, 3.63) is 64.0 Å². The van der Waals surface area contributed by atoms with E-state index < -0.39 is 4.92 Å². The number of halogens is 1. The minimum atomic E-state index is -0.447. The van der Waals surface area contributed by atoms with E-state index in [4.69, 9.17) is 12.2 Å². The molecule has 0 unspecified atom stereocenters. The fourth-order valence-electron chi connectivity index (χ4n) is 1.77. The molecule has 0 heterocycles. The lowest BCUT2D eigenvalue weighted by Gasteiger charge is -2.12. The number of nitro groups is 1. The van der Waals surface area contributed by atoms with Gasteiger partial charge in [-0.3, -0.25) is 10.1 Å². The molecule has 0 aromatic heterocycles. The Morgan fingerprint density at radius 3 is 2.48 bits per heavy atom. The fourth-order valence-corrected chi connectivity index (χ4v) is 2.00. The Labute approximate surface area is 125 Å². The van der Waals surface area contributed by atoms with E-state index in [1.54, 1.807) is 31.2 Å². The maximum absolute atomic E-state index is 12.8. The van der Waals surface area contributed by atoms with Crippen molar-refractivity contribution in [1.29, 1.82) is 0 Å². The number of rotatable bonds is 3.